The van der Waals surface area contributed by atoms with Crippen LogP contribution in [0, 0.1) is 11.7 Å². The van der Waals surface area contributed by atoms with Crippen LogP contribution in [0.15, 0.2) is 54.6 Å². The van der Waals surface area contributed by atoms with E-state index in [4.69, 9.17) is 0 Å². The number of carbonyl (C=O) groups is 2. The summed E-state index contributed by atoms with van der Waals surface area (Å²) in [6.45, 7) is 0.528. The molecule has 2 fully saturated rings. The van der Waals surface area contributed by atoms with Crippen LogP contribution < -0.4 is 5.32 Å². The lowest BCUT2D eigenvalue weighted by atomic mass is 9.88. The molecule has 2 aromatic rings. The molecule has 1 aliphatic carbocycles. The van der Waals surface area contributed by atoms with Crippen LogP contribution in [-0.4, -0.2) is 40.4 Å². The Labute approximate surface area is 187 Å². The van der Waals surface area contributed by atoms with Gasteiger partial charge in [-0.2, -0.15) is 0 Å². The quantitative estimate of drug-likeness (QED) is 0.711. The minimum Gasteiger partial charge on any atom is -0.354 e. The van der Waals surface area contributed by atoms with Crippen LogP contribution in [0.4, 0.5) is 4.39 Å². The molecule has 31 heavy (non-hydrogen) atoms. The smallest absolute Gasteiger partial charge is 0.255 e. The highest BCUT2D eigenvalue weighted by Gasteiger charge is 2.45. The average Bonchev–Trinajstić information content (AvgIpc) is 3.25. The Morgan fingerprint density at radius 3 is 2.55 bits per heavy atom. The van der Waals surface area contributed by atoms with Crippen molar-refractivity contribution in [3.8, 4) is 0 Å². The van der Waals surface area contributed by atoms with Gasteiger partial charge >= 0.3 is 0 Å². The third kappa shape index (κ3) is 5.29. The van der Waals surface area contributed by atoms with E-state index in [-0.39, 0.29) is 17.2 Å². The van der Waals surface area contributed by atoms with Crippen LogP contribution in [0.3, 0.4) is 0 Å². The van der Waals surface area contributed by atoms with Crippen LogP contribution in [0.2, 0.25) is 0 Å². The zero-order valence-electron chi connectivity index (χ0n) is 17.6. The first-order valence-electron chi connectivity index (χ1n) is 11.1. The van der Waals surface area contributed by atoms with Crippen molar-refractivity contribution in [1.82, 2.24) is 10.2 Å². The lowest BCUT2D eigenvalue weighted by Crippen LogP contribution is -2.51. The van der Waals surface area contributed by atoms with Crippen LogP contribution in [0.25, 0.3) is 0 Å². The molecule has 0 aromatic heterocycles. The van der Waals surface area contributed by atoms with E-state index in [1.54, 1.807) is 28.8 Å². The summed E-state index contributed by atoms with van der Waals surface area (Å²) in [6, 6.07) is 15.3. The fourth-order valence-corrected chi connectivity index (χ4v) is 6.27. The fourth-order valence-electron chi connectivity index (χ4n) is 4.63. The molecular weight excluding hydrogens is 411 g/mol. The highest BCUT2D eigenvalue weighted by molar-refractivity contribution is 8.00. The SMILES string of the molecule is O=C(NCCc1ccccc1)C1CSC(C2CCCCC2)N1C(=O)c1cccc(F)c1. The van der Waals surface area contributed by atoms with E-state index >= 15 is 0 Å². The molecule has 4 rings (SSSR count). The molecular formula is C25H29FN2O2S. The van der Waals surface area contributed by atoms with Crippen LogP contribution >= 0.6 is 11.8 Å². The molecule has 1 heterocycles. The Morgan fingerprint density at radius 1 is 1.03 bits per heavy atom. The second-order valence-corrected chi connectivity index (χ2v) is 9.54. The third-order valence-corrected chi connectivity index (χ3v) is 7.71. The fraction of sp³-hybridized carbons (Fsp3) is 0.440. The molecule has 1 saturated heterocycles. The first-order chi connectivity index (χ1) is 15.1. The number of hydrogen-bond acceptors (Lipinski definition) is 3. The molecule has 2 atom stereocenters. The topological polar surface area (TPSA) is 49.4 Å². The summed E-state index contributed by atoms with van der Waals surface area (Å²) in [5.74, 6) is 0.170. The number of halogens is 1. The van der Waals surface area contributed by atoms with Gasteiger partial charge in [0.05, 0.1) is 5.37 Å². The van der Waals surface area contributed by atoms with Crippen molar-refractivity contribution in [1.29, 1.82) is 0 Å². The summed E-state index contributed by atoms with van der Waals surface area (Å²) < 4.78 is 13.8. The summed E-state index contributed by atoms with van der Waals surface area (Å²) in [7, 11) is 0. The van der Waals surface area contributed by atoms with Crippen molar-refractivity contribution in [2.45, 2.75) is 49.9 Å². The second-order valence-electron chi connectivity index (χ2n) is 8.39. The van der Waals surface area contributed by atoms with E-state index in [1.165, 1.54) is 18.6 Å². The Morgan fingerprint density at radius 2 is 1.81 bits per heavy atom. The zero-order chi connectivity index (χ0) is 21.6. The molecule has 2 aliphatic rings. The van der Waals surface area contributed by atoms with E-state index in [0.29, 0.717) is 23.8 Å². The predicted octanol–water partition coefficient (Wildman–Crippen LogP) is 4.65. The van der Waals surface area contributed by atoms with Crippen LogP contribution in [-0.2, 0) is 11.2 Å². The van der Waals surface area contributed by atoms with Gasteiger partial charge in [-0.05, 0) is 48.9 Å². The number of nitrogens with one attached hydrogen (secondary N) is 1. The monoisotopic (exact) mass is 440 g/mol. The molecule has 1 N–H and O–H groups in total. The summed E-state index contributed by atoms with van der Waals surface area (Å²) >= 11 is 1.70. The van der Waals surface area contributed by atoms with Gasteiger partial charge in [0.25, 0.3) is 5.91 Å². The van der Waals surface area contributed by atoms with Gasteiger partial charge in [-0.15, -0.1) is 11.8 Å². The van der Waals surface area contributed by atoms with Gasteiger partial charge in [-0.1, -0.05) is 55.7 Å². The second kappa shape index (κ2) is 10.3. The van der Waals surface area contributed by atoms with E-state index < -0.39 is 11.9 Å². The number of rotatable bonds is 6. The number of hydrogen-bond donors (Lipinski definition) is 1. The first kappa shape index (κ1) is 21.9. The number of amides is 2. The first-order valence-corrected chi connectivity index (χ1v) is 12.2. The molecule has 1 saturated carbocycles. The van der Waals surface area contributed by atoms with Gasteiger partial charge in [-0.3, -0.25) is 9.59 Å². The Kier molecular flexibility index (Phi) is 7.28. The van der Waals surface area contributed by atoms with Gasteiger partial charge in [-0.25, -0.2) is 4.39 Å². The molecule has 6 heteroatoms. The maximum atomic E-state index is 13.8. The van der Waals surface area contributed by atoms with Crippen molar-refractivity contribution in [2.24, 2.45) is 5.92 Å². The van der Waals surface area contributed by atoms with Crippen molar-refractivity contribution in [3.05, 3.63) is 71.5 Å². The molecule has 2 aromatic carbocycles. The Hall–Kier alpha value is -2.34. The van der Waals surface area contributed by atoms with Gasteiger partial charge in [0.2, 0.25) is 5.91 Å². The average molecular weight is 441 g/mol. The highest BCUT2D eigenvalue weighted by Crippen LogP contribution is 2.41. The van der Waals surface area contributed by atoms with Crippen molar-refractivity contribution < 1.29 is 14.0 Å². The number of thioether (sulfide) groups is 1. The summed E-state index contributed by atoms with van der Waals surface area (Å²) in [5.41, 5.74) is 1.47. The van der Waals surface area contributed by atoms with Crippen molar-refractivity contribution in [2.75, 3.05) is 12.3 Å². The lowest BCUT2D eigenvalue weighted by Gasteiger charge is -2.35. The van der Waals surface area contributed by atoms with Gasteiger partial charge in [0.15, 0.2) is 0 Å². The number of carbonyl (C=O) groups excluding carboxylic acids is 2. The van der Waals surface area contributed by atoms with E-state index in [0.717, 1.165) is 37.7 Å². The summed E-state index contributed by atoms with van der Waals surface area (Å²) in [6.07, 6.45) is 6.46. The molecule has 1 aliphatic heterocycles. The highest BCUT2D eigenvalue weighted by atomic mass is 32.2. The number of nitrogens with zero attached hydrogens (tertiary/aromatic N) is 1. The normalized spacial score (nSPS) is 21.8. The standard InChI is InChI=1S/C25H29FN2O2S/c26-21-13-7-12-20(16-21)24(30)28-22(17-31-25(28)19-10-5-2-6-11-19)23(29)27-15-14-18-8-3-1-4-9-18/h1,3-4,7-9,12-13,16,19,22,25H,2,5-6,10-11,14-15,17H2,(H,27,29). The lowest BCUT2D eigenvalue weighted by molar-refractivity contribution is -0.125. The van der Waals surface area contributed by atoms with E-state index in [9.17, 15) is 14.0 Å². The molecule has 0 bridgehead atoms. The van der Waals surface area contributed by atoms with Crippen LogP contribution in [0.5, 0.6) is 0 Å². The van der Waals surface area contributed by atoms with Gasteiger partial charge in [0.1, 0.15) is 11.9 Å². The van der Waals surface area contributed by atoms with Crippen molar-refractivity contribution >= 4 is 23.6 Å². The minimum atomic E-state index is -0.525. The molecule has 0 radical (unpaired) electrons. The Bertz CT molecular complexity index is 901. The predicted molar refractivity (Wildman–Crippen MR) is 122 cm³/mol. The molecule has 2 amide bonds. The van der Waals surface area contributed by atoms with Crippen LogP contribution in [0.1, 0.15) is 48.0 Å². The third-order valence-electron chi connectivity index (χ3n) is 6.25. The Balaban J connectivity index is 1.49. The minimum absolute atomic E-state index is 0.0269. The molecule has 164 valence electrons. The molecule has 4 nitrogen and oxygen atoms in total. The molecule has 0 spiro atoms. The zero-order valence-corrected chi connectivity index (χ0v) is 18.5. The van der Waals surface area contributed by atoms with Gasteiger partial charge < -0.3 is 10.2 Å². The van der Waals surface area contributed by atoms with E-state index in [1.807, 2.05) is 30.3 Å². The molecule has 2 unspecified atom stereocenters. The maximum Gasteiger partial charge on any atom is 0.255 e. The van der Waals surface area contributed by atoms with Crippen molar-refractivity contribution in [3.63, 3.8) is 0 Å². The van der Waals surface area contributed by atoms with Gasteiger partial charge in [0, 0.05) is 17.9 Å². The largest absolute Gasteiger partial charge is 0.354 e. The van der Waals surface area contributed by atoms with E-state index in [2.05, 4.69) is 5.32 Å². The summed E-state index contributed by atoms with van der Waals surface area (Å²) in [4.78, 5) is 28.3. The summed E-state index contributed by atoms with van der Waals surface area (Å²) in [5, 5.41) is 3.00. The number of benzene rings is 2. The maximum absolute atomic E-state index is 13.8.